The van der Waals surface area contributed by atoms with Crippen molar-refractivity contribution in [2.45, 2.75) is 308 Å². The van der Waals surface area contributed by atoms with Gasteiger partial charge in [0, 0.05) is 46.0 Å². The molecular formula is C76H108Li4O8. The van der Waals surface area contributed by atoms with Gasteiger partial charge < -0.3 is 37.9 Å². The summed E-state index contributed by atoms with van der Waals surface area (Å²) in [6.45, 7) is 9.27. The van der Waals surface area contributed by atoms with Crippen LogP contribution in [-0.4, -0.2) is 27.2 Å². The quantitative estimate of drug-likeness (QED) is 0.0248. The molecule has 0 atom stereocenters. The van der Waals surface area contributed by atoms with E-state index in [1.165, 1.54) is 205 Å². The number of unbranched alkanes of at least 4 members (excludes halogenated alkanes) is 32. The summed E-state index contributed by atoms with van der Waals surface area (Å²) in [6, 6.07) is 25.0. The number of ether oxygens (including phenoxy) is 8. The van der Waals surface area contributed by atoms with E-state index >= 15 is 0 Å². The fourth-order valence-electron chi connectivity index (χ4n) is 14.4. The minimum absolute atomic E-state index is 0. The fraction of sp³-hybridized carbons (Fsp3) is 0.684. The summed E-state index contributed by atoms with van der Waals surface area (Å²) < 4.78 is 53.8. The largest absolute Gasteiger partial charge is 1.00 e. The Kier molecular flexibility index (Phi) is 37.2. The van der Waals surface area contributed by atoms with Gasteiger partial charge in [0.15, 0.2) is 0 Å². The number of hydrogen-bond acceptors (Lipinski definition) is 8. The smallest absolute Gasteiger partial charge is 0.483 e. The van der Waals surface area contributed by atoms with Crippen molar-refractivity contribution in [1.82, 2.24) is 0 Å². The topological polar surface area (TPSA) is 73.8 Å². The number of benzene rings is 4. The van der Waals surface area contributed by atoms with E-state index in [2.05, 4.69) is 76.2 Å². The van der Waals surface area contributed by atoms with Gasteiger partial charge in [-0.2, -0.15) is 24.3 Å². The third-order valence-electron chi connectivity index (χ3n) is 19.3. The van der Waals surface area contributed by atoms with Crippen molar-refractivity contribution in [2.24, 2.45) is 0 Å². The predicted molar refractivity (Wildman–Crippen MR) is 340 cm³/mol. The summed E-state index contributed by atoms with van der Waals surface area (Å²) in [6.07, 6.45) is 49.3. The zero-order valence-electron chi connectivity index (χ0n) is 57.0. The third kappa shape index (κ3) is 21.9. The summed E-state index contributed by atoms with van der Waals surface area (Å²) in [5.41, 5.74) is 9.16. The summed E-state index contributed by atoms with van der Waals surface area (Å²) in [7, 11) is 0. The Morgan fingerprint density at radius 3 is 0.511 bits per heavy atom. The Morgan fingerprint density at radius 2 is 0.364 bits per heavy atom. The van der Waals surface area contributed by atoms with E-state index in [1.54, 1.807) is 0 Å². The standard InChI is InChI=1S/C76H108O8.4Li/c1-5-9-13-17-21-25-29-33-37-41-57-61-45-63-58(42-38-34-30-26-22-18-14-10-6-2)65-47-67-60(44-40-36-32-28-24-20-16-12-8-4)68-48-66-59(43-39-35-31-27-23-19-15-11-7-3)64-46-62(57)70-50-72(64)80-55-82-74(66)52-76(68)84-56-83-75(67)51-73(65)81-54-79-71(63)49-69(61)77-53-78-70;;;;/h45-48,57-60H,5-44,53-56H2,1-4H3;;;;/q-4;4*+1. The monoisotopic (exact) mass is 1180 g/mol. The van der Waals surface area contributed by atoms with E-state index < -0.39 is 0 Å². The number of hydrogen-bond donors (Lipinski definition) is 0. The van der Waals surface area contributed by atoms with Gasteiger partial charge >= 0.3 is 75.4 Å². The van der Waals surface area contributed by atoms with E-state index in [1.807, 2.05) is 0 Å². The molecule has 1 aliphatic carbocycles. The Labute approximate surface area is 583 Å². The van der Waals surface area contributed by atoms with Gasteiger partial charge in [0.05, 0.1) is 0 Å². The fourth-order valence-corrected chi connectivity index (χ4v) is 14.4. The SMILES string of the molecule is CCCCCCCCCCCC1c2cc3c4[c-]c2OCOc2[c-]c5c(cc21)C(CCCCCCCCCCC)c1cc2c([c-]c1OCO5)OCOc1[c-]c(c(cc1C2CCCCCCCCCCC)C3CCCCCCCCCCC)OCO4.[Li+].[Li+].[Li+].[Li+]. The molecule has 4 heterocycles. The van der Waals surface area contributed by atoms with Crippen molar-refractivity contribution in [1.29, 1.82) is 0 Å². The predicted octanol–water partition coefficient (Wildman–Crippen LogP) is 10.3. The normalized spacial score (nSPS) is 17.0. The first-order valence-electron chi connectivity index (χ1n) is 35.0. The van der Waals surface area contributed by atoms with Crippen LogP contribution in [0.4, 0.5) is 0 Å². The van der Waals surface area contributed by atoms with Gasteiger partial charge in [0.1, 0.15) is 0 Å². The minimum Gasteiger partial charge on any atom is -0.483 e. The van der Waals surface area contributed by atoms with Crippen molar-refractivity contribution >= 4 is 0 Å². The first-order chi connectivity index (χ1) is 41.6. The van der Waals surface area contributed by atoms with Crippen molar-refractivity contribution in [3.05, 3.63) is 93.0 Å². The molecule has 0 aromatic heterocycles. The molecule has 4 aromatic carbocycles. The van der Waals surface area contributed by atoms with Crippen molar-refractivity contribution < 1.29 is 113 Å². The Balaban J connectivity index is 0.00000353. The van der Waals surface area contributed by atoms with Crippen LogP contribution in [0, 0.1) is 24.3 Å². The first-order valence-corrected chi connectivity index (χ1v) is 35.0. The maximum atomic E-state index is 6.73. The van der Waals surface area contributed by atoms with Crippen LogP contribution in [0.25, 0.3) is 0 Å². The molecule has 0 saturated carbocycles. The van der Waals surface area contributed by atoms with E-state index in [0.29, 0.717) is 46.0 Å². The third-order valence-corrected chi connectivity index (χ3v) is 19.3. The number of rotatable bonds is 40. The molecule has 0 radical (unpaired) electrons. The molecule has 0 unspecified atom stereocenters. The summed E-state index contributed by atoms with van der Waals surface area (Å²) in [4.78, 5) is 0. The average molecular weight is 1180 g/mol. The molecular weight excluding hydrogens is 1070 g/mol. The molecule has 8 nitrogen and oxygen atoms in total. The molecule has 5 aliphatic rings. The van der Waals surface area contributed by atoms with Crippen LogP contribution in [0.2, 0.25) is 0 Å². The van der Waals surface area contributed by atoms with Crippen molar-refractivity contribution in [3.63, 3.8) is 0 Å². The Bertz CT molecular complexity index is 2130. The molecule has 0 N–H and O–H groups in total. The van der Waals surface area contributed by atoms with Crippen LogP contribution in [-0.2, 0) is 0 Å². The molecule has 0 saturated heterocycles. The molecule has 4 aliphatic heterocycles. The van der Waals surface area contributed by atoms with Crippen LogP contribution < -0.4 is 113 Å². The molecule has 9 rings (SSSR count). The zero-order chi connectivity index (χ0) is 58.0. The average Bonchev–Trinajstić information content (AvgIpc) is 0.800. The maximum absolute atomic E-state index is 6.73. The van der Waals surface area contributed by atoms with Gasteiger partial charge in [-0.3, -0.25) is 0 Å². The Hall–Kier alpha value is -2.33. The van der Waals surface area contributed by atoms with Gasteiger partial charge in [-0.15, -0.1) is 44.5 Å². The molecule has 88 heavy (non-hydrogen) atoms. The van der Waals surface area contributed by atoms with Crippen LogP contribution in [0.5, 0.6) is 46.0 Å². The first kappa shape index (κ1) is 76.4. The van der Waals surface area contributed by atoms with Crippen LogP contribution in [0.1, 0.15) is 353 Å². The van der Waals surface area contributed by atoms with E-state index in [4.69, 9.17) is 37.9 Å². The van der Waals surface area contributed by atoms with Crippen molar-refractivity contribution in [3.8, 4) is 46.0 Å². The van der Waals surface area contributed by atoms with Gasteiger partial charge in [0.25, 0.3) is 0 Å². The summed E-state index contributed by atoms with van der Waals surface area (Å²) in [5, 5.41) is 0. The summed E-state index contributed by atoms with van der Waals surface area (Å²) >= 11 is 0. The zero-order valence-corrected chi connectivity index (χ0v) is 57.0. The van der Waals surface area contributed by atoms with E-state index in [-0.39, 0.29) is 126 Å². The molecule has 464 valence electrons. The second-order valence-electron chi connectivity index (χ2n) is 25.7. The molecule has 4 aromatic rings. The summed E-state index contributed by atoms with van der Waals surface area (Å²) in [5.74, 6) is 5.36. The van der Waals surface area contributed by atoms with Crippen molar-refractivity contribution in [2.75, 3.05) is 27.2 Å². The molecule has 12 heteroatoms. The van der Waals surface area contributed by atoms with Gasteiger partial charge in [0.2, 0.25) is 27.2 Å². The Morgan fingerprint density at radius 1 is 0.227 bits per heavy atom. The van der Waals surface area contributed by atoms with E-state index in [9.17, 15) is 0 Å². The molecule has 0 amide bonds. The van der Waals surface area contributed by atoms with Crippen LogP contribution in [0.3, 0.4) is 0 Å². The molecule has 0 fully saturated rings. The molecule has 8 bridgehead atoms. The maximum Gasteiger partial charge on any atom is 1.00 e. The van der Waals surface area contributed by atoms with Gasteiger partial charge in [-0.25, -0.2) is 0 Å². The van der Waals surface area contributed by atoms with Crippen LogP contribution in [0.15, 0.2) is 24.3 Å². The second-order valence-corrected chi connectivity index (χ2v) is 25.7. The van der Waals surface area contributed by atoms with Gasteiger partial charge in [-0.1, -0.05) is 332 Å². The molecule has 0 spiro atoms. The van der Waals surface area contributed by atoms with Gasteiger partial charge in [-0.05, 0) is 0 Å². The minimum atomic E-state index is -0.0537. The van der Waals surface area contributed by atoms with Crippen LogP contribution >= 0.6 is 0 Å². The van der Waals surface area contributed by atoms with E-state index in [0.717, 1.165) is 95.9 Å². The second kappa shape index (κ2) is 42.8.